The summed E-state index contributed by atoms with van der Waals surface area (Å²) in [5, 5.41) is 11.5. The van der Waals surface area contributed by atoms with Gasteiger partial charge < -0.3 is 15.6 Å². The van der Waals surface area contributed by atoms with Crippen LogP contribution in [0, 0.1) is 0 Å². The van der Waals surface area contributed by atoms with Crippen LogP contribution in [-0.2, 0) is 4.74 Å². The summed E-state index contributed by atoms with van der Waals surface area (Å²) in [4.78, 5) is 17.0. The maximum Gasteiger partial charge on any atom is 0.258 e. The molecule has 3 N–H and O–H groups in total. The number of thiophene rings is 1. The zero-order valence-corrected chi connectivity index (χ0v) is 13.2. The number of thiazole rings is 1. The maximum atomic E-state index is 11.1. The summed E-state index contributed by atoms with van der Waals surface area (Å²) in [6.07, 6.45) is -0.499. The van der Waals surface area contributed by atoms with Gasteiger partial charge in [-0.1, -0.05) is 11.8 Å². The van der Waals surface area contributed by atoms with Crippen molar-refractivity contribution < 1.29 is 14.6 Å². The van der Waals surface area contributed by atoms with Crippen LogP contribution in [0.3, 0.4) is 0 Å². The predicted octanol–water partition coefficient (Wildman–Crippen LogP) is 2.07. The molecular weight excluding hydrogens is 316 g/mol. The van der Waals surface area contributed by atoms with Crippen LogP contribution in [0.1, 0.15) is 9.67 Å². The number of nitrogens with zero attached hydrogens (tertiary/aromatic N) is 1. The minimum absolute atomic E-state index is 0.318. The third-order valence-corrected chi connectivity index (χ3v) is 5.63. The Morgan fingerprint density at radius 1 is 1.60 bits per heavy atom. The molecule has 0 bridgehead atoms. The van der Waals surface area contributed by atoms with Gasteiger partial charge >= 0.3 is 0 Å². The topological polar surface area (TPSA) is 85.4 Å². The average molecular weight is 330 g/mol. The van der Waals surface area contributed by atoms with Crippen LogP contribution in [0.2, 0.25) is 0 Å². The molecule has 0 saturated carbocycles. The molecule has 0 fully saturated rings. The van der Waals surface area contributed by atoms with Gasteiger partial charge in [0, 0.05) is 18.2 Å². The van der Waals surface area contributed by atoms with Crippen molar-refractivity contribution in [3.8, 4) is 10.6 Å². The first-order valence-electron chi connectivity index (χ1n) is 5.75. The zero-order valence-electron chi connectivity index (χ0n) is 10.7. The molecule has 2 aromatic heterocycles. The monoisotopic (exact) mass is 330 g/mol. The third kappa shape index (κ3) is 4.03. The van der Waals surface area contributed by atoms with Gasteiger partial charge in [-0.15, -0.1) is 22.7 Å². The first-order chi connectivity index (χ1) is 9.60. The third-order valence-electron chi connectivity index (χ3n) is 2.34. The number of aromatic nitrogens is 1. The number of carbonyl (C=O) groups excluding carboxylic acids is 1. The molecule has 2 rings (SSSR count). The lowest BCUT2D eigenvalue weighted by Crippen LogP contribution is -2.16. The van der Waals surface area contributed by atoms with E-state index in [0.29, 0.717) is 17.2 Å². The second-order valence-corrected chi connectivity index (χ2v) is 7.16. The number of hydrogen-bond acceptors (Lipinski definition) is 7. The lowest BCUT2D eigenvalue weighted by atomic mass is 10.3. The van der Waals surface area contributed by atoms with Crippen LogP contribution in [0.25, 0.3) is 10.6 Å². The van der Waals surface area contributed by atoms with Crippen LogP contribution in [0.15, 0.2) is 21.9 Å². The number of rotatable bonds is 7. The molecule has 1 atom stereocenters. The van der Waals surface area contributed by atoms with Crippen LogP contribution in [0.5, 0.6) is 0 Å². The number of primary amides is 1. The van der Waals surface area contributed by atoms with E-state index in [1.807, 2.05) is 11.4 Å². The summed E-state index contributed by atoms with van der Waals surface area (Å²) in [7, 11) is 1.56. The molecule has 5 nitrogen and oxygen atoms in total. The largest absolute Gasteiger partial charge is 0.390 e. The summed E-state index contributed by atoms with van der Waals surface area (Å²) in [6, 6.07) is 3.55. The van der Waals surface area contributed by atoms with Crippen molar-refractivity contribution >= 4 is 40.3 Å². The van der Waals surface area contributed by atoms with Crippen LogP contribution in [-0.4, -0.2) is 41.6 Å². The van der Waals surface area contributed by atoms with E-state index in [0.717, 1.165) is 14.9 Å². The van der Waals surface area contributed by atoms with Crippen molar-refractivity contribution in [3.05, 3.63) is 22.4 Å². The zero-order chi connectivity index (χ0) is 14.5. The Bertz CT molecular complexity index is 582. The predicted molar refractivity (Wildman–Crippen MR) is 82.6 cm³/mol. The number of carbonyl (C=O) groups is 1. The van der Waals surface area contributed by atoms with Crippen molar-refractivity contribution in [1.29, 1.82) is 0 Å². The molecule has 1 unspecified atom stereocenters. The molecule has 0 aliphatic heterocycles. The Balaban J connectivity index is 1.99. The average Bonchev–Trinajstić information content (AvgIpc) is 3.05. The number of thioether (sulfide) groups is 1. The number of ether oxygens (including phenoxy) is 1. The molecule has 1 amide bonds. The van der Waals surface area contributed by atoms with Crippen LogP contribution in [0.4, 0.5) is 0 Å². The molecule has 0 aromatic carbocycles. The van der Waals surface area contributed by atoms with Gasteiger partial charge in [0.15, 0.2) is 4.34 Å². The van der Waals surface area contributed by atoms with Crippen LogP contribution >= 0.6 is 34.4 Å². The van der Waals surface area contributed by atoms with E-state index in [2.05, 4.69) is 4.98 Å². The number of nitrogens with two attached hydrogens (primary N) is 1. The van der Waals surface area contributed by atoms with Gasteiger partial charge in [0.05, 0.1) is 28.2 Å². The molecular formula is C12H14N2O3S3. The lowest BCUT2D eigenvalue weighted by molar-refractivity contribution is 0.0794. The van der Waals surface area contributed by atoms with Crippen molar-refractivity contribution in [2.75, 3.05) is 19.5 Å². The van der Waals surface area contributed by atoms with Crippen molar-refractivity contribution in [2.45, 2.75) is 10.4 Å². The fraction of sp³-hybridized carbons (Fsp3) is 0.333. The summed E-state index contributed by atoms with van der Waals surface area (Å²) in [5.41, 5.74) is 6.06. The van der Waals surface area contributed by atoms with Gasteiger partial charge in [-0.2, -0.15) is 0 Å². The van der Waals surface area contributed by atoms with Gasteiger partial charge in [0.2, 0.25) is 0 Å². The highest BCUT2D eigenvalue weighted by Crippen LogP contribution is 2.32. The summed E-state index contributed by atoms with van der Waals surface area (Å²) >= 11 is 4.33. The molecule has 20 heavy (non-hydrogen) atoms. The molecule has 108 valence electrons. The Kier molecular flexibility index (Phi) is 5.55. The fourth-order valence-corrected chi connectivity index (χ4v) is 4.10. The van der Waals surface area contributed by atoms with E-state index in [9.17, 15) is 9.90 Å². The number of methoxy groups -OCH3 is 1. The molecule has 0 saturated heterocycles. The Hall–Kier alpha value is -0.930. The van der Waals surface area contributed by atoms with Gasteiger partial charge in [-0.05, 0) is 12.1 Å². The Morgan fingerprint density at radius 3 is 3.05 bits per heavy atom. The SMILES string of the molecule is COCC(O)CSc1nc(-c2ccc(C(N)=O)s2)cs1. The van der Waals surface area contributed by atoms with Crippen molar-refractivity contribution in [3.63, 3.8) is 0 Å². The van der Waals surface area contributed by atoms with Gasteiger partial charge in [-0.25, -0.2) is 4.98 Å². The second-order valence-electron chi connectivity index (χ2n) is 3.95. The normalized spacial score (nSPS) is 12.5. The van der Waals surface area contributed by atoms with E-state index >= 15 is 0 Å². The Morgan fingerprint density at radius 2 is 2.40 bits per heavy atom. The van der Waals surface area contributed by atoms with E-state index in [4.69, 9.17) is 10.5 Å². The minimum atomic E-state index is -0.499. The number of amides is 1. The molecule has 0 spiro atoms. The summed E-state index contributed by atoms with van der Waals surface area (Å²) in [5.74, 6) is 0.117. The highest BCUT2D eigenvalue weighted by Gasteiger charge is 2.11. The minimum Gasteiger partial charge on any atom is -0.390 e. The summed E-state index contributed by atoms with van der Waals surface area (Å²) in [6.45, 7) is 0.318. The molecule has 8 heteroatoms. The van der Waals surface area contributed by atoms with Crippen molar-refractivity contribution in [2.24, 2.45) is 5.73 Å². The van der Waals surface area contributed by atoms with E-state index in [-0.39, 0.29) is 0 Å². The second kappa shape index (κ2) is 7.19. The number of hydrogen-bond donors (Lipinski definition) is 2. The van der Waals surface area contributed by atoms with E-state index < -0.39 is 12.0 Å². The van der Waals surface area contributed by atoms with E-state index in [1.165, 1.54) is 34.4 Å². The molecule has 0 aliphatic carbocycles. The highest BCUT2D eigenvalue weighted by molar-refractivity contribution is 8.01. The highest BCUT2D eigenvalue weighted by atomic mass is 32.2. The number of aliphatic hydroxyl groups is 1. The van der Waals surface area contributed by atoms with Gasteiger partial charge in [-0.3, -0.25) is 4.79 Å². The molecule has 2 aromatic rings. The van der Waals surface area contributed by atoms with Crippen LogP contribution < -0.4 is 5.73 Å². The van der Waals surface area contributed by atoms with Crippen molar-refractivity contribution in [1.82, 2.24) is 4.98 Å². The fourth-order valence-electron chi connectivity index (χ4n) is 1.45. The molecule has 2 heterocycles. The van der Waals surface area contributed by atoms with E-state index in [1.54, 1.807) is 13.2 Å². The first-order valence-corrected chi connectivity index (χ1v) is 8.43. The molecule has 0 radical (unpaired) electrons. The Labute approximate surface area is 128 Å². The summed E-state index contributed by atoms with van der Waals surface area (Å²) < 4.78 is 5.75. The number of aliphatic hydroxyl groups excluding tert-OH is 1. The quantitative estimate of drug-likeness (QED) is 0.759. The van der Waals surface area contributed by atoms with Gasteiger partial charge in [0.25, 0.3) is 5.91 Å². The molecule has 0 aliphatic rings. The maximum absolute atomic E-state index is 11.1. The first kappa shape index (κ1) is 15.5. The van der Waals surface area contributed by atoms with Gasteiger partial charge in [0.1, 0.15) is 0 Å². The standard InChI is InChI=1S/C12H14N2O3S3/c1-17-4-7(15)5-18-12-14-8(6-19-12)9-2-3-10(20-9)11(13)16/h2-3,6-7,15H,4-5H2,1H3,(H2,13,16). The smallest absolute Gasteiger partial charge is 0.258 e. The lowest BCUT2D eigenvalue weighted by Gasteiger charge is -2.06.